The first kappa shape index (κ1) is 18.1. The highest BCUT2D eigenvalue weighted by Gasteiger charge is 2.43. The molecule has 5 heteroatoms. The summed E-state index contributed by atoms with van der Waals surface area (Å²) in [5.74, 6) is -1.12. The fourth-order valence-corrected chi connectivity index (χ4v) is 2.62. The highest BCUT2D eigenvalue weighted by Crippen LogP contribution is 2.36. The third-order valence-corrected chi connectivity index (χ3v) is 3.42. The van der Waals surface area contributed by atoms with Gasteiger partial charge >= 0.3 is 5.97 Å². The van der Waals surface area contributed by atoms with Crippen LogP contribution in [0.1, 0.15) is 46.6 Å². The molecule has 0 aliphatic carbocycles. The molecule has 21 heavy (non-hydrogen) atoms. The van der Waals surface area contributed by atoms with Gasteiger partial charge in [0.1, 0.15) is 11.4 Å². The second-order valence-corrected chi connectivity index (χ2v) is 7.70. The largest absolute Gasteiger partial charge is 0.461 e. The van der Waals surface area contributed by atoms with Gasteiger partial charge in [-0.2, -0.15) is 0 Å². The number of carbonyl (C=O) groups is 1. The Labute approximate surface area is 134 Å². The number of benzene rings is 1. The number of ether oxygens (including phenoxy) is 1. The van der Waals surface area contributed by atoms with Crippen molar-refractivity contribution < 1.29 is 13.9 Å². The van der Waals surface area contributed by atoms with E-state index in [-0.39, 0.29) is 23.5 Å². The standard InChI is InChI=1S/C16H23BrFNO2/c1-10(2)21-14(20)16(19,9-15(3,4)5)12-7-6-11(17)8-13(12)18/h6-8,10H,9,19H2,1-5H3. The van der Waals surface area contributed by atoms with Crippen LogP contribution in [0.15, 0.2) is 22.7 Å². The fourth-order valence-electron chi connectivity index (χ4n) is 2.28. The Morgan fingerprint density at radius 2 is 1.95 bits per heavy atom. The smallest absolute Gasteiger partial charge is 0.331 e. The summed E-state index contributed by atoms with van der Waals surface area (Å²) in [6.45, 7) is 9.34. The zero-order valence-corrected chi connectivity index (χ0v) is 14.8. The van der Waals surface area contributed by atoms with Crippen molar-refractivity contribution in [3.05, 3.63) is 34.1 Å². The minimum atomic E-state index is -1.51. The van der Waals surface area contributed by atoms with Crippen LogP contribution in [0.5, 0.6) is 0 Å². The van der Waals surface area contributed by atoms with Crippen molar-refractivity contribution in [1.82, 2.24) is 0 Å². The second kappa shape index (κ2) is 6.44. The molecule has 3 nitrogen and oxygen atoms in total. The molecule has 0 aliphatic rings. The molecule has 1 unspecified atom stereocenters. The molecular formula is C16H23BrFNO2. The third-order valence-electron chi connectivity index (χ3n) is 2.93. The van der Waals surface area contributed by atoms with Gasteiger partial charge in [0, 0.05) is 10.0 Å². The van der Waals surface area contributed by atoms with Gasteiger partial charge in [-0.15, -0.1) is 0 Å². The first-order valence-corrected chi connectivity index (χ1v) is 7.70. The maximum atomic E-state index is 14.3. The lowest BCUT2D eigenvalue weighted by Crippen LogP contribution is -2.49. The Hall–Kier alpha value is -0.940. The zero-order valence-electron chi connectivity index (χ0n) is 13.2. The van der Waals surface area contributed by atoms with E-state index < -0.39 is 17.3 Å². The Kier molecular flexibility index (Phi) is 5.56. The van der Waals surface area contributed by atoms with Gasteiger partial charge in [-0.05, 0) is 37.8 Å². The van der Waals surface area contributed by atoms with Gasteiger partial charge in [0.25, 0.3) is 0 Å². The number of rotatable bonds is 4. The average molecular weight is 360 g/mol. The molecule has 1 atom stereocenters. The molecule has 1 rings (SSSR count). The molecule has 118 valence electrons. The molecule has 1 aromatic carbocycles. The summed E-state index contributed by atoms with van der Waals surface area (Å²) < 4.78 is 20.2. The van der Waals surface area contributed by atoms with Crippen LogP contribution in [0, 0.1) is 11.2 Å². The monoisotopic (exact) mass is 359 g/mol. The molecule has 0 bridgehead atoms. The topological polar surface area (TPSA) is 52.3 Å². The maximum Gasteiger partial charge on any atom is 0.331 e. The van der Waals surface area contributed by atoms with Crippen LogP contribution in [0.2, 0.25) is 0 Å². The van der Waals surface area contributed by atoms with Crippen LogP contribution < -0.4 is 5.73 Å². The van der Waals surface area contributed by atoms with E-state index in [0.717, 1.165) is 0 Å². The number of halogens is 2. The number of hydrogen-bond donors (Lipinski definition) is 1. The Morgan fingerprint density at radius 1 is 1.38 bits per heavy atom. The number of hydrogen-bond acceptors (Lipinski definition) is 3. The molecule has 0 amide bonds. The zero-order chi connectivity index (χ0) is 16.4. The lowest BCUT2D eigenvalue weighted by atomic mass is 9.76. The Morgan fingerprint density at radius 3 is 2.38 bits per heavy atom. The highest BCUT2D eigenvalue weighted by molar-refractivity contribution is 9.10. The summed E-state index contributed by atoms with van der Waals surface area (Å²) in [6, 6.07) is 4.51. The predicted molar refractivity (Wildman–Crippen MR) is 85.3 cm³/mol. The third kappa shape index (κ3) is 4.78. The second-order valence-electron chi connectivity index (χ2n) is 6.79. The molecule has 0 radical (unpaired) electrons. The van der Waals surface area contributed by atoms with Gasteiger partial charge in [0.05, 0.1) is 6.10 Å². The van der Waals surface area contributed by atoms with Gasteiger partial charge in [-0.25, -0.2) is 9.18 Å². The van der Waals surface area contributed by atoms with Crippen molar-refractivity contribution in [3.8, 4) is 0 Å². The molecular weight excluding hydrogens is 337 g/mol. The van der Waals surface area contributed by atoms with Crippen LogP contribution in [0.4, 0.5) is 4.39 Å². The Balaban J connectivity index is 3.33. The van der Waals surface area contributed by atoms with E-state index in [1.54, 1.807) is 19.9 Å². The quantitative estimate of drug-likeness (QED) is 0.822. The molecule has 0 saturated heterocycles. The van der Waals surface area contributed by atoms with E-state index in [1.165, 1.54) is 12.1 Å². The number of carbonyl (C=O) groups excluding carboxylic acids is 1. The van der Waals surface area contributed by atoms with E-state index >= 15 is 0 Å². The minimum Gasteiger partial charge on any atom is -0.461 e. The molecule has 0 saturated carbocycles. The van der Waals surface area contributed by atoms with Crippen molar-refractivity contribution in [3.63, 3.8) is 0 Å². The van der Waals surface area contributed by atoms with Crippen molar-refractivity contribution >= 4 is 21.9 Å². The average Bonchev–Trinajstić information content (AvgIpc) is 2.24. The summed E-state index contributed by atoms with van der Waals surface area (Å²) in [7, 11) is 0. The van der Waals surface area contributed by atoms with Gasteiger partial charge in [-0.3, -0.25) is 0 Å². The molecule has 0 heterocycles. The summed E-state index contributed by atoms with van der Waals surface area (Å²) in [5, 5.41) is 0. The normalized spacial score (nSPS) is 14.9. The summed E-state index contributed by atoms with van der Waals surface area (Å²) in [6.07, 6.45) is -0.0247. The fraction of sp³-hybridized carbons (Fsp3) is 0.562. The predicted octanol–water partition coefficient (Wildman–Crippen LogP) is 4.13. The molecule has 0 fully saturated rings. The van der Waals surface area contributed by atoms with Crippen molar-refractivity contribution in [1.29, 1.82) is 0 Å². The summed E-state index contributed by atoms with van der Waals surface area (Å²) in [5.41, 5.74) is 4.71. The number of nitrogens with two attached hydrogens (primary N) is 1. The maximum absolute atomic E-state index is 14.3. The van der Waals surface area contributed by atoms with Crippen LogP contribution in [-0.2, 0) is 15.1 Å². The van der Waals surface area contributed by atoms with Gasteiger partial charge in [-0.1, -0.05) is 42.8 Å². The lowest BCUT2D eigenvalue weighted by Gasteiger charge is -2.34. The van der Waals surface area contributed by atoms with Crippen LogP contribution in [0.25, 0.3) is 0 Å². The Bertz CT molecular complexity index is 525. The molecule has 2 N–H and O–H groups in total. The van der Waals surface area contributed by atoms with Gasteiger partial charge in [0.2, 0.25) is 0 Å². The van der Waals surface area contributed by atoms with E-state index in [4.69, 9.17) is 10.5 Å². The molecule has 1 aromatic rings. The van der Waals surface area contributed by atoms with Crippen molar-refractivity contribution in [2.75, 3.05) is 0 Å². The van der Waals surface area contributed by atoms with E-state index in [0.29, 0.717) is 4.47 Å². The molecule has 0 spiro atoms. The van der Waals surface area contributed by atoms with E-state index in [9.17, 15) is 9.18 Å². The van der Waals surface area contributed by atoms with Crippen molar-refractivity contribution in [2.45, 2.75) is 52.7 Å². The van der Waals surface area contributed by atoms with Crippen LogP contribution in [-0.4, -0.2) is 12.1 Å². The highest BCUT2D eigenvalue weighted by atomic mass is 79.9. The summed E-state index contributed by atoms with van der Waals surface area (Å²) in [4.78, 5) is 12.5. The molecule has 0 aromatic heterocycles. The van der Waals surface area contributed by atoms with Gasteiger partial charge in [0.15, 0.2) is 0 Å². The van der Waals surface area contributed by atoms with E-state index in [2.05, 4.69) is 15.9 Å². The van der Waals surface area contributed by atoms with E-state index in [1.807, 2.05) is 20.8 Å². The number of esters is 1. The first-order chi connectivity index (χ1) is 9.45. The minimum absolute atomic E-state index is 0.159. The van der Waals surface area contributed by atoms with Crippen LogP contribution in [0.3, 0.4) is 0 Å². The lowest BCUT2D eigenvalue weighted by molar-refractivity contribution is -0.156. The molecule has 0 aliphatic heterocycles. The van der Waals surface area contributed by atoms with Gasteiger partial charge < -0.3 is 10.5 Å². The SMILES string of the molecule is CC(C)OC(=O)C(N)(CC(C)(C)C)c1ccc(Br)cc1F. The first-order valence-electron chi connectivity index (χ1n) is 6.91. The van der Waals surface area contributed by atoms with Crippen molar-refractivity contribution in [2.24, 2.45) is 11.1 Å². The summed E-state index contributed by atoms with van der Waals surface area (Å²) >= 11 is 3.20. The van der Waals surface area contributed by atoms with Crippen LogP contribution >= 0.6 is 15.9 Å².